The third-order valence-electron chi connectivity index (χ3n) is 4.24. The van der Waals surface area contributed by atoms with Gasteiger partial charge in [0.05, 0.1) is 29.1 Å². The molecule has 6 nitrogen and oxygen atoms in total. The van der Waals surface area contributed by atoms with Crippen LogP contribution in [-0.4, -0.2) is 20.6 Å². The van der Waals surface area contributed by atoms with E-state index in [0.29, 0.717) is 28.5 Å². The van der Waals surface area contributed by atoms with Crippen molar-refractivity contribution in [2.24, 2.45) is 0 Å². The predicted molar refractivity (Wildman–Crippen MR) is 122 cm³/mol. The molecule has 156 valence electrons. The molecule has 0 heterocycles. The minimum atomic E-state index is -3.44. The van der Waals surface area contributed by atoms with Crippen LogP contribution in [0.2, 0.25) is 5.02 Å². The summed E-state index contributed by atoms with van der Waals surface area (Å²) in [5.74, 6) is -0.279. The Labute approximate surface area is 181 Å². The quantitative estimate of drug-likeness (QED) is 0.478. The maximum atomic E-state index is 12.5. The molecule has 1 amide bonds. The van der Waals surface area contributed by atoms with Crippen LogP contribution in [0, 0.1) is 0 Å². The lowest BCUT2D eigenvalue weighted by molar-refractivity contribution is -0.115. The van der Waals surface area contributed by atoms with Gasteiger partial charge in [0.1, 0.15) is 0 Å². The zero-order valence-electron chi connectivity index (χ0n) is 16.4. The number of halogens is 1. The van der Waals surface area contributed by atoms with E-state index >= 15 is 0 Å². The summed E-state index contributed by atoms with van der Waals surface area (Å²) in [6, 6.07) is 22.0. The van der Waals surface area contributed by atoms with Crippen molar-refractivity contribution in [1.82, 2.24) is 0 Å². The molecule has 0 bridgehead atoms. The molecule has 3 N–H and O–H groups in total. The summed E-state index contributed by atoms with van der Waals surface area (Å²) in [5, 5.41) is 6.55. The van der Waals surface area contributed by atoms with Gasteiger partial charge in [-0.25, -0.2) is 8.42 Å². The van der Waals surface area contributed by atoms with E-state index in [1.165, 1.54) is 0 Å². The summed E-state index contributed by atoms with van der Waals surface area (Å²) in [7, 11) is -3.44. The smallest absolute Gasteiger partial charge is 0.229 e. The average Bonchev–Trinajstić information content (AvgIpc) is 2.68. The van der Waals surface area contributed by atoms with Crippen LogP contribution in [-0.2, 0) is 27.8 Å². The van der Waals surface area contributed by atoms with Crippen LogP contribution in [0.1, 0.15) is 11.1 Å². The van der Waals surface area contributed by atoms with E-state index in [2.05, 4.69) is 15.4 Å². The van der Waals surface area contributed by atoms with Crippen molar-refractivity contribution >= 4 is 44.6 Å². The Morgan fingerprint density at radius 2 is 1.63 bits per heavy atom. The average molecular weight is 444 g/mol. The molecule has 3 rings (SSSR count). The molecule has 0 saturated carbocycles. The summed E-state index contributed by atoms with van der Waals surface area (Å²) >= 11 is 6.35. The number of sulfonamides is 1. The van der Waals surface area contributed by atoms with Gasteiger partial charge in [-0.3, -0.25) is 9.52 Å². The van der Waals surface area contributed by atoms with Crippen molar-refractivity contribution in [3.63, 3.8) is 0 Å². The number of hydrogen-bond acceptors (Lipinski definition) is 4. The van der Waals surface area contributed by atoms with Gasteiger partial charge in [-0.05, 0) is 35.4 Å². The number of anilines is 3. The van der Waals surface area contributed by atoms with Crippen molar-refractivity contribution in [3.8, 4) is 0 Å². The molecule has 0 fully saturated rings. The Morgan fingerprint density at radius 3 is 2.33 bits per heavy atom. The first kappa shape index (κ1) is 21.7. The first-order valence-electron chi connectivity index (χ1n) is 9.23. The van der Waals surface area contributed by atoms with Crippen LogP contribution in [0.5, 0.6) is 0 Å². The van der Waals surface area contributed by atoms with E-state index < -0.39 is 10.0 Å². The Balaban J connectivity index is 1.63. The second-order valence-electron chi connectivity index (χ2n) is 6.79. The lowest BCUT2D eigenvalue weighted by Gasteiger charge is -2.12. The second-order valence-corrected chi connectivity index (χ2v) is 8.95. The van der Waals surface area contributed by atoms with Gasteiger partial charge in [0, 0.05) is 12.2 Å². The lowest BCUT2D eigenvalue weighted by Crippen LogP contribution is -2.17. The summed E-state index contributed by atoms with van der Waals surface area (Å²) < 4.78 is 25.4. The molecule has 0 aliphatic heterocycles. The minimum absolute atomic E-state index is 0.0182. The number of benzene rings is 3. The van der Waals surface area contributed by atoms with Crippen molar-refractivity contribution in [2.75, 3.05) is 21.6 Å². The number of para-hydroxylation sites is 1. The number of carbonyl (C=O) groups is 1. The van der Waals surface area contributed by atoms with Crippen LogP contribution in [0.25, 0.3) is 0 Å². The second kappa shape index (κ2) is 9.65. The van der Waals surface area contributed by atoms with E-state index in [-0.39, 0.29) is 12.3 Å². The maximum absolute atomic E-state index is 12.5. The summed E-state index contributed by atoms with van der Waals surface area (Å²) in [6.45, 7) is 0.635. The molecular weight excluding hydrogens is 422 g/mol. The van der Waals surface area contributed by atoms with E-state index in [1.54, 1.807) is 42.5 Å². The number of rotatable bonds is 8. The molecule has 0 aliphatic carbocycles. The highest BCUT2D eigenvalue weighted by molar-refractivity contribution is 7.92. The molecule has 0 saturated heterocycles. The van der Waals surface area contributed by atoms with Crippen molar-refractivity contribution in [3.05, 3.63) is 88.9 Å². The zero-order chi connectivity index (χ0) is 21.6. The van der Waals surface area contributed by atoms with Gasteiger partial charge in [0.2, 0.25) is 15.9 Å². The van der Waals surface area contributed by atoms with Gasteiger partial charge < -0.3 is 10.6 Å². The van der Waals surface area contributed by atoms with Gasteiger partial charge in [-0.15, -0.1) is 0 Å². The van der Waals surface area contributed by atoms with Gasteiger partial charge >= 0.3 is 0 Å². The van der Waals surface area contributed by atoms with E-state index in [9.17, 15) is 13.2 Å². The van der Waals surface area contributed by atoms with Crippen LogP contribution in [0.4, 0.5) is 17.1 Å². The zero-order valence-corrected chi connectivity index (χ0v) is 17.9. The fourth-order valence-electron chi connectivity index (χ4n) is 2.88. The van der Waals surface area contributed by atoms with Crippen molar-refractivity contribution in [2.45, 2.75) is 13.0 Å². The van der Waals surface area contributed by atoms with Gasteiger partial charge in [-0.2, -0.15) is 0 Å². The standard InChI is InChI=1S/C22H22ClN3O3S/c1-30(28,29)26-20-10-6-5-9-17(20)13-22(27)25-18-11-12-21(19(23)14-18)24-15-16-7-3-2-4-8-16/h2-12,14,24,26H,13,15H2,1H3,(H,25,27). The summed E-state index contributed by atoms with van der Waals surface area (Å²) in [5.41, 5.74) is 3.42. The molecule has 3 aromatic carbocycles. The predicted octanol–water partition coefficient (Wildman–Crippen LogP) is 4.50. The van der Waals surface area contributed by atoms with E-state index in [4.69, 9.17) is 11.6 Å². The van der Waals surface area contributed by atoms with Crippen LogP contribution in [0.15, 0.2) is 72.8 Å². The van der Waals surface area contributed by atoms with E-state index in [0.717, 1.165) is 17.5 Å². The fourth-order valence-corrected chi connectivity index (χ4v) is 3.73. The van der Waals surface area contributed by atoms with Crippen LogP contribution < -0.4 is 15.4 Å². The molecule has 3 aromatic rings. The SMILES string of the molecule is CS(=O)(=O)Nc1ccccc1CC(=O)Nc1ccc(NCc2ccccc2)c(Cl)c1. The highest BCUT2D eigenvalue weighted by atomic mass is 35.5. The maximum Gasteiger partial charge on any atom is 0.229 e. The molecule has 8 heteroatoms. The molecule has 0 unspecified atom stereocenters. The third kappa shape index (κ3) is 6.50. The van der Waals surface area contributed by atoms with Gasteiger partial charge in [0.15, 0.2) is 0 Å². The van der Waals surface area contributed by atoms with Crippen molar-refractivity contribution < 1.29 is 13.2 Å². The lowest BCUT2D eigenvalue weighted by atomic mass is 10.1. The molecule has 0 atom stereocenters. The Bertz CT molecular complexity index is 1140. The van der Waals surface area contributed by atoms with Gasteiger partial charge in [0.25, 0.3) is 0 Å². The highest BCUT2D eigenvalue weighted by Crippen LogP contribution is 2.26. The Hall–Kier alpha value is -3.03. The molecule has 0 aliphatic rings. The first-order chi connectivity index (χ1) is 14.3. The largest absolute Gasteiger partial charge is 0.380 e. The molecule has 0 aromatic heterocycles. The normalized spacial score (nSPS) is 11.0. The number of amides is 1. The van der Waals surface area contributed by atoms with Crippen LogP contribution >= 0.6 is 11.6 Å². The Kier molecular flexibility index (Phi) is 6.97. The Morgan fingerprint density at radius 1 is 0.933 bits per heavy atom. The topological polar surface area (TPSA) is 87.3 Å². The highest BCUT2D eigenvalue weighted by Gasteiger charge is 2.12. The summed E-state index contributed by atoms with van der Waals surface area (Å²) in [6.07, 6.45) is 1.09. The fraction of sp³-hybridized carbons (Fsp3) is 0.136. The molecule has 30 heavy (non-hydrogen) atoms. The molecular formula is C22H22ClN3O3S. The first-order valence-corrected chi connectivity index (χ1v) is 11.5. The van der Waals surface area contributed by atoms with Crippen LogP contribution in [0.3, 0.4) is 0 Å². The molecule has 0 radical (unpaired) electrons. The summed E-state index contributed by atoms with van der Waals surface area (Å²) in [4.78, 5) is 12.5. The monoisotopic (exact) mass is 443 g/mol. The van der Waals surface area contributed by atoms with Gasteiger partial charge in [-0.1, -0.05) is 60.1 Å². The van der Waals surface area contributed by atoms with E-state index in [1.807, 2.05) is 30.3 Å². The number of hydrogen-bond donors (Lipinski definition) is 3. The third-order valence-corrected chi connectivity index (χ3v) is 5.15. The van der Waals surface area contributed by atoms with Crippen molar-refractivity contribution in [1.29, 1.82) is 0 Å². The minimum Gasteiger partial charge on any atom is -0.380 e. The number of nitrogens with one attached hydrogen (secondary N) is 3. The number of carbonyl (C=O) groups excluding carboxylic acids is 1. The molecule has 0 spiro atoms.